The first-order chi connectivity index (χ1) is 9.30. The lowest BCUT2D eigenvalue weighted by Gasteiger charge is -2.29. The third kappa shape index (κ3) is 2.24. The molecule has 0 amide bonds. The first kappa shape index (κ1) is 11.9. The Kier molecular flexibility index (Phi) is 3.04. The van der Waals surface area contributed by atoms with Crippen LogP contribution in [0.2, 0.25) is 0 Å². The molecule has 0 saturated carbocycles. The molecule has 0 bridgehead atoms. The summed E-state index contributed by atoms with van der Waals surface area (Å²) in [6.07, 6.45) is 4.63. The number of nitrogen functional groups attached to an aromatic ring is 1. The SMILES string of the molecule is CCc1nc(NN)cc(N2CCn3ccnc3C2)n1. The zero-order valence-corrected chi connectivity index (χ0v) is 10.9. The summed E-state index contributed by atoms with van der Waals surface area (Å²) in [5.74, 6) is 8.85. The fourth-order valence-electron chi connectivity index (χ4n) is 2.25. The maximum atomic E-state index is 5.46. The highest BCUT2D eigenvalue weighted by Crippen LogP contribution is 2.20. The average molecular weight is 259 g/mol. The highest BCUT2D eigenvalue weighted by molar-refractivity contribution is 5.49. The number of aryl methyl sites for hydroxylation is 1. The van der Waals surface area contributed by atoms with Gasteiger partial charge in [0.05, 0.1) is 6.54 Å². The topological polar surface area (TPSA) is 84.9 Å². The van der Waals surface area contributed by atoms with Crippen LogP contribution < -0.4 is 16.2 Å². The standard InChI is InChI=1S/C12H17N7/c1-2-9-15-10(17-13)7-11(16-9)19-6-5-18-4-3-14-12(18)8-19/h3-4,7H,2,5-6,8,13H2,1H3,(H,15,16,17). The number of nitrogens with zero attached hydrogens (tertiary/aromatic N) is 5. The van der Waals surface area contributed by atoms with E-state index in [2.05, 4.69) is 29.8 Å². The normalized spacial score (nSPS) is 14.3. The van der Waals surface area contributed by atoms with E-state index < -0.39 is 0 Å². The molecule has 0 atom stereocenters. The molecule has 0 radical (unpaired) electrons. The molecule has 0 fully saturated rings. The number of anilines is 2. The molecule has 100 valence electrons. The molecule has 7 heteroatoms. The van der Waals surface area contributed by atoms with E-state index in [4.69, 9.17) is 5.84 Å². The zero-order valence-electron chi connectivity index (χ0n) is 10.9. The van der Waals surface area contributed by atoms with E-state index in [9.17, 15) is 0 Å². The first-order valence-electron chi connectivity index (χ1n) is 6.39. The molecule has 1 aliphatic heterocycles. The van der Waals surface area contributed by atoms with Crippen molar-refractivity contribution in [1.29, 1.82) is 0 Å². The summed E-state index contributed by atoms with van der Waals surface area (Å²) in [4.78, 5) is 15.4. The molecule has 2 aromatic heterocycles. The molecular weight excluding hydrogens is 242 g/mol. The minimum atomic E-state index is 0.649. The minimum absolute atomic E-state index is 0.649. The Labute approximate surface area is 111 Å². The second-order valence-corrected chi connectivity index (χ2v) is 4.48. The molecule has 0 aliphatic carbocycles. The van der Waals surface area contributed by atoms with Crippen molar-refractivity contribution in [2.75, 3.05) is 16.9 Å². The molecule has 3 N–H and O–H groups in total. The van der Waals surface area contributed by atoms with E-state index in [-0.39, 0.29) is 0 Å². The zero-order chi connectivity index (χ0) is 13.2. The van der Waals surface area contributed by atoms with Crippen LogP contribution in [0.1, 0.15) is 18.6 Å². The second-order valence-electron chi connectivity index (χ2n) is 4.48. The molecule has 3 rings (SSSR count). The Morgan fingerprint density at radius 2 is 2.26 bits per heavy atom. The van der Waals surface area contributed by atoms with Crippen LogP contribution >= 0.6 is 0 Å². The Bertz CT molecular complexity index is 555. The predicted molar refractivity (Wildman–Crippen MR) is 72.5 cm³/mol. The number of hydrogen-bond donors (Lipinski definition) is 2. The van der Waals surface area contributed by atoms with Crippen molar-refractivity contribution in [2.24, 2.45) is 5.84 Å². The lowest BCUT2D eigenvalue weighted by atomic mass is 10.3. The van der Waals surface area contributed by atoms with Gasteiger partial charge in [-0.25, -0.2) is 20.8 Å². The van der Waals surface area contributed by atoms with Crippen LogP contribution in [0, 0.1) is 0 Å². The highest BCUT2D eigenvalue weighted by Gasteiger charge is 2.18. The largest absolute Gasteiger partial charge is 0.347 e. The Morgan fingerprint density at radius 3 is 3.05 bits per heavy atom. The number of nitrogens with two attached hydrogens (primary N) is 1. The quantitative estimate of drug-likeness (QED) is 0.618. The van der Waals surface area contributed by atoms with Crippen LogP contribution in [0.4, 0.5) is 11.6 Å². The van der Waals surface area contributed by atoms with Crippen molar-refractivity contribution in [2.45, 2.75) is 26.4 Å². The summed E-state index contributed by atoms with van der Waals surface area (Å²) in [6, 6.07) is 1.87. The van der Waals surface area contributed by atoms with Gasteiger partial charge in [0.2, 0.25) is 0 Å². The van der Waals surface area contributed by atoms with Crippen molar-refractivity contribution in [3.05, 3.63) is 30.1 Å². The first-order valence-corrected chi connectivity index (χ1v) is 6.39. The monoisotopic (exact) mass is 259 g/mol. The minimum Gasteiger partial charge on any atom is -0.347 e. The Balaban J connectivity index is 1.90. The molecule has 0 spiro atoms. The summed E-state index contributed by atoms with van der Waals surface area (Å²) in [6.45, 7) is 4.62. The number of rotatable bonds is 3. The number of fused-ring (bicyclic) bond motifs is 1. The molecular formula is C12H17N7. The van der Waals surface area contributed by atoms with E-state index in [1.165, 1.54) is 0 Å². The highest BCUT2D eigenvalue weighted by atomic mass is 15.3. The molecule has 0 aromatic carbocycles. The molecule has 19 heavy (non-hydrogen) atoms. The van der Waals surface area contributed by atoms with E-state index >= 15 is 0 Å². The van der Waals surface area contributed by atoms with E-state index in [0.717, 1.165) is 43.5 Å². The van der Waals surface area contributed by atoms with Gasteiger partial charge in [-0.2, -0.15) is 0 Å². The Morgan fingerprint density at radius 1 is 1.37 bits per heavy atom. The Hall–Kier alpha value is -2.15. The van der Waals surface area contributed by atoms with Crippen molar-refractivity contribution in [3.63, 3.8) is 0 Å². The van der Waals surface area contributed by atoms with E-state index in [1.807, 2.05) is 25.4 Å². The van der Waals surface area contributed by atoms with Crippen LogP contribution in [0.3, 0.4) is 0 Å². The molecule has 0 saturated heterocycles. The third-order valence-electron chi connectivity index (χ3n) is 3.29. The smallest absolute Gasteiger partial charge is 0.145 e. The van der Waals surface area contributed by atoms with Gasteiger partial charge >= 0.3 is 0 Å². The number of nitrogens with one attached hydrogen (secondary N) is 1. The van der Waals surface area contributed by atoms with Gasteiger partial charge in [-0.3, -0.25) is 0 Å². The van der Waals surface area contributed by atoms with Crippen molar-refractivity contribution >= 4 is 11.6 Å². The molecule has 1 aliphatic rings. The van der Waals surface area contributed by atoms with Gasteiger partial charge in [-0.05, 0) is 0 Å². The summed E-state index contributed by atoms with van der Waals surface area (Å²) < 4.78 is 2.17. The number of hydrazine groups is 1. The van der Waals surface area contributed by atoms with Crippen molar-refractivity contribution in [1.82, 2.24) is 19.5 Å². The van der Waals surface area contributed by atoms with Crippen LogP contribution in [0.5, 0.6) is 0 Å². The maximum Gasteiger partial charge on any atom is 0.145 e. The van der Waals surface area contributed by atoms with Crippen molar-refractivity contribution in [3.8, 4) is 0 Å². The lowest BCUT2D eigenvalue weighted by Crippen LogP contribution is -2.34. The van der Waals surface area contributed by atoms with E-state index in [0.29, 0.717) is 5.82 Å². The number of aromatic nitrogens is 4. The summed E-state index contributed by atoms with van der Waals surface area (Å²) >= 11 is 0. The van der Waals surface area contributed by atoms with Crippen LogP contribution in [0.25, 0.3) is 0 Å². The molecule has 2 aromatic rings. The maximum absolute atomic E-state index is 5.46. The average Bonchev–Trinajstić information content (AvgIpc) is 2.94. The van der Waals surface area contributed by atoms with Gasteiger partial charge in [-0.1, -0.05) is 6.92 Å². The third-order valence-corrected chi connectivity index (χ3v) is 3.29. The van der Waals surface area contributed by atoms with E-state index in [1.54, 1.807) is 0 Å². The fourth-order valence-corrected chi connectivity index (χ4v) is 2.25. The van der Waals surface area contributed by atoms with Gasteiger partial charge < -0.3 is 14.9 Å². The van der Waals surface area contributed by atoms with Crippen LogP contribution in [0.15, 0.2) is 18.5 Å². The summed E-state index contributed by atoms with van der Waals surface area (Å²) in [5.41, 5.74) is 2.60. The molecule has 3 heterocycles. The fraction of sp³-hybridized carbons (Fsp3) is 0.417. The second kappa shape index (κ2) is 4.85. The van der Waals surface area contributed by atoms with Crippen molar-refractivity contribution < 1.29 is 0 Å². The number of imidazole rings is 1. The van der Waals surface area contributed by atoms with Gasteiger partial charge in [0.15, 0.2) is 0 Å². The van der Waals surface area contributed by atoms with Gasteiger partial charge in [-0.15, -0.1) is 0 Å². The van der Waals surface area contributed by atoms with Gasteiger partial charge in [0, 0.05) is 38.0 Å². The van der Waals surface area contributed by atoms with Crippen LogP contribution in [-0.4, -0.2) is 26.1 Å². The molecule has 0 unspecified atom stereocenters. The van der Waals surface area contributed by atoms with Crippen LogP contribution in [-0.2, 0) is 19.5 Å². The van der Waals surface area contributed by atoms with Gasteiger partial charge in [0.25, 0.3) is 0 Å². The predicted octanol–water partition coefficient (Wildman–Crippen LogP) is 0.541. The number of hydrogen-bond acceptors (Lipinski definition) is 6. The summed E-state index contributed by atoms with van der Waals surface area (Å²) in [5, 5.41) is 0. The molecule has 7 nitrogen and oxygen atoms in total. The lowest BCUT2D eigenvalue weighted by molar-refractivity contribution is 0.555. The summed E-state index contributed by atoms with van der Waals surface area (Å²) in [7, 11) is 0. The van der Waals surface area contributed by atoms with Gasteiger partial charge in [0.1, 0.15) is 23.3 Å².